The number of rotatable bonds is 3. The van der Waals surface area contributed by atoms with Gasteiger partial charge in [-0.3, -0.25) is 0 Å². The summed E-state index contributed by atoms with van der Waals surface area (Å²) in [6, 6.07) is 20.2. The number of hydrogen-bond acceptors (Lipinski definition) is 1. The first-order valence-corrected chi connectivity index (χ1v) is 6.19. The van der Waals surface area contributed by atoms with E-state index < -0.39 is 0 Å². The van der Waals surface area contributed by atoms with E-state index in [1.807, 2.05) is 36.4 Å². The van der Waals surface area contributed by atoms with Gasteiger partial charge in [0.2, 0.25) is 0 Å². The highest BCUT2D eigenvalue weighted by Gasteiger charge is 1.98. The van der Waals surface area contributed by atoms with Crippen molar-refractivity contribution in [2.45, 2.75) is 18.9 Å². The zero-order valence-electron chi connectivity index (χ0n) is 10.3. The smallest absolute Gasteiger partial charge is 0.0920 e. The Labute approximate surface area is 109 Å². The molecule has 0 bridgehead atoms. The second-order valence-electron chi connectivity index (χ2n) is 4.20. The third-order valence-electron chi connectivity index (χ3n) is 2.80. The van der Waals surface area contributed by atoms with Gasteiger partial charge in [-0.25, -0.2) is 0 Å². The van der Waals surface area contributed by atoms with Gasteiger partial charge in [-0.05, 0) is 17.5 Å². The lowest BCUT2D eigenvalue weighted by Gasteiger charge is -2.03. The summed E-state index contributed by atoms with van der Waals surface area (Å²) in [5.41, 5.74) is 8.39. The predicted octanol–water partition coefficient (Wildman–Crippen LogP) is 3.32. The largest absolute Gasteiger partial charge is 0.314 e. The summed E-state index contributed by atoms with van der Waals surface area (Å²) in [5, 5.41) is 0. The van der Waals surface area contributed by atoms with Crippen molar-refractivity contribution < 1.29 is 0 Å². The second kappa shape index (κ2) is 6.64. The van der Waals surface area contributed by atoms with Crippen LogP contribution in [0.25, 0.3) is 0 Å². The van der Waals surface area contributed by atoms with Gasteiger partial charge in [-0.1, -0.05) is 66.6 Å². The summed E-state index contributed by atoms with van der Waals surface area (Å²) < 4.78 is 0. The molecule has 0 unspecified atom stereocenters. The summed E-state index contributed by atoms with van der Waals surface area (Å²) in [6.45, 7) is 0. The fourth-order valence-electron chi connectivity index (χ4n) is 1.78. The average Bonchev–Trinajstić information content (AvgIpc) is 2.45. The molecule has 0 heterocycles. The van der Waals surface area contributed by atoms with Crippen LogP contribution >= 0.6 is 0 Å². The van der Waals surface area contributed by atoms with Crippen molar-refractivity contribution in [1.82, 2.24) is 0 Å². The molecular formula is C17H17N. The number of nitrogens with two attached hydrogens (primary N) is 1. The lowest BCUT2D eigenvalue weighted by atomic mass is 10.1. The molecule has 1 heteroatoms. The molecule has 2 rings (SSSR count). The predicted molar refractivity (Wildman–Crippen MR) is 75.9 cm³/mol. The highest BCUT2D eigenvalue weighted by molar-refractivity contribution is 5.26. The molecular weight excluding hydrogens is 218 g/mol. The first-order chi connectivity index (χ1) is 8.86. The maximum absolute atomic E-state index is 6.00. The first-order valence-electron chi connectivity index (χ1n) is 6.19. The van der Waals surface area contributed by atoms with Crippen LogP contribution < -0.4 is 5.73 Å². The Morgan fingerprint density at radius 2 is 1.50 bits per heavy atom. The summed E-state index contributed by atoms with van der Waals surface area (Å²) in [4.78, 5) is 0. The molecule has 0 amide bonds. The molecule has 0 saturated carbocycles. The molecule has 0 radical (unpaired) electrons. The van der Waals surface area contributed by atoms with Crippen LogP contribution in [0.2, 0.25) is 0 Å². The molecule has 0 spiro atoms. The van der Waals surface area contributed by atoms with Crippen LogP contribution in [0.4, 0.5) is 0 Å². The van der Waals surface area contributed by atoms with E-state index in [1.54, 1.807) is 0 Å². The molecule has 0 aliphatic carbocycles. The molecule has 0 aliphatic rings. The molecule has 0 fully saturated rings. The topological polar surface area (TPSA) is 26.0 Å². The molecule has 18 heavy (non-hydrogen) atoms. The normalized spacial score (nSPS) is 11.4. The SMILES string of the molecule is N[C@H](C#CCCc1ccccc1)c1ccccc1. The monoisotopic (exact) mass is 235 g/mol. The number of aryl methyl sites for hydroxylation is 1. The Balaban J connectivity index is 1.86. The molecule has 1 atom stereocenters. The van der Waals surface area contributed by atoms with Crippen molar-refractivity contribution in [3.63, 3.8) is 0 Å². The fourth-order valence-corrected chi connectivity index (χ4v) is 1.78. The van der Waals surface area contributed by atoms with E-state index in [0.717, 1.165) is 18.4 Å². The average molecular weight is 235 g/mol. The van der Waals surface area contributed by atoms with Gasteiger partial charge in [0.25, 0.3) is 0 Å². The van der Waals surface area contributed by atoms with E-state index in [4.69, 9.17) is 5.73 Å². The number of hydrogen-bond donors (Lipinski definition) is 1. The van der Waals surface area contributed by atoms with Crippen LogP contribution in [0.3, 0.4) is 0 Å². The van der Waals surface area contributed by atoms with Crippen LogP contribution in [0.1, 0.15) is 23.6 Å². The van der Waals surface area contributed by atoms with Crippen molar-refractivity contribution in [3.8, 4) is 11.8 Å². The molecule has 1 nitrogen and oxygen atoms in total. The van der Waals surface area contributed by atoms with Crippen LogP contribution in [0, 0.1) is 11.8 Å². The van der Waals surface area contributed by atoms with E-state index in [-0.39, 0.29) is 6.04 Å². The molecule has 2 aromatic rings. The Morgan fingerprint density at radius 1 is 0.889 bits per heavy atom. The van der Waals surface area contributed by atoms with Crippen molar-refractivity contribution in [3.05, 3.63) is 71.8 Å². The first kappa shape index (κ1) is 12.4. The summed E-state index contributed by atoms with van der Waals surface area (Å²) in [6.07, 6.45) is 1.83. The van der Waals surface area contributed by atoms with Crippen molar-refractivity contribution in [2.75, 3.05) is 0 Å². The van der Waals surface area contributed by atoms with Gasteiger partial charge < -0.3 is 5.73 Å². The summed E-state index contributed by atoms with van der Waals surface area (Å²) >= 11 is 0. The van der Waals surface area contributed by atoms with E-state index >= 15 is 0 Å². The van der Waals surface area contributed by atoms with Gasteiger partial charge in [0, 0.05) is 6.42 Å². The van der Waals surface area contributed by atoms with Crippen LogP contribution in [0.5, 0.6) is 0 Å². The Morgan fingerprint density at radius 3 is 2.17 bits per heavy atom. The van der Waals surface area contributed by atoms with Gasteiger partial charge in [-0.15, -0.1) is 5.92 Å². The zero-order valence-corrected chi connectivity index (χ0v) is 10.3. The zero-order chi connectivity index (χ0) is 12.6. The maximum atomic E-state index is 6.00. The number of benzene rings is 2. The minimum absolute atomic E-state index is 0.179. The maximum Gasteiger partial charge on any atom is 0.0920 e. The van der Waals surface area contributed by atoms with Crippen LogP contribution in [-0.2, 0) is 6.42 Å². The van der Waals surface area contributed by atoms with Gasteiger partial charge in [0.05, 0.1) is 6.04 Å². The van der Waals surface area contributed by atoms with E-state index in [0.29, 0.717) is 0 Å². The third-order valence-corrected chi connectivity index (χ3v) is 2.80. The summed E-state index contributed by atoms with van der Waals surface area (Å²) in [7, 11) is 0. The van der Waals surface area contributed by atoms with Gasteiger partial charge >= 0.3 is 0 Å². The van der Waals surface area contributed by atoms with E-state index in [1.165, 1.54) is 5.56 Å². The molecule has 0 aromatic heterocycles. The minimum atomic E-state index is -0.179. The fraction of sp³-hybridized carbons (Fsp3) is 0.176. The summed E-state index contributed by atoms with van der Waals surface area (Å²) in [5.74, 6) is 6.25. The minimum Gasteiger partial charge on any atom is -0.314 e. The Kier molecular flexibility index (Phi) is 4.58. The van der Waals surface area contributed by atoms with Gasteiger partial charge in [0.15, 0.2) is 0 Å². The lowest BCUT2D eigenvalue weighted by Crippen LogP contribution is -2.06. The van der Waals surface area contributed by atoms with E-state index in [9.17, 15) is 0 Å². The molecule has 0 aliphatic heterocycles. The third kappa shape index (κ3) is 3.76. The second-order valence-corrected chi connectivity index (χ2v) is 4.20. The Bertz CT molecular complexity index is 520. The molecule has 2 N–H and O–H groups in total. The highest BCUT2D eigenvalue weighted by atomic mass is 14.6. The lowest BCUT2D eigenvalue weighted by molar-refractivity contribution is 0.937. The van der Waals surface area contributed by atoms with Crippen LogP contribution in [-0.4, -0.2) is 0 Å². The highest BCUT2D eigenvalue weighted by Crippen LogP contribution is 2.08. The van der Waals surface area contributed by atoms with Gasteiger partial charge in [-0.2, -0.15) is 0 Å². The van der Waals surface area contributed by atoms with Crippen LogP contribution in [0.15, 0.2) is 60.7 Å². The van der Waals surface area contributed by atoms with Crippen molar-refractivity contribution in [2.24, 2.45) is 5.73 Å². The molecule has 2 aromatic carbocycles. The van der Waals surface area contributed by atoms with Crippen molar-refractivity contribution >= 4 is 0 Å². The van der Waals surface area contributed by atoms with Crippen molar-refractivity contribution in [1.29, 1.82) is 0 Å². The standard InChI is InChI=1S/C17H17N/c18-17(16-12-5-2-6-13-16)14-8-7-11-15-9-3-1-4-10-15/h1-6,9-10,12-13,17H,7,11,18H2/t17-/m1/s1. The molecule has 0 saturated heterocycles. The van der Waals surface area contributed by atoms with Gasteiger partial charge in [0.1, 0.15) is 0 Å². The Hall–Kier alpha value is -2.04. The quantitative estimate of drug-likeness (QED) is 0.811. The van der Waals surface area contributed by atoms with E-state index in [2.05, 4.69) is 36.1 Å². The molecule has 90 valence electrons.